The summed E-state index contributed by atoms with van der Waals surface area (Å²) in [6.45, 7) is 1.95. The fraction of sp³-hybridized carbons (Fsp3) is 0.200. The summed E-state index contributed by atoms with van der Waals surface area (Å²) < 4.78 is 1.52. The van der Waals surface area contributed by atoms with Gasteiger partial charge in [-0.2, -0.15) is 4.98 Å². The van der Waals surface area contributed by atoms with Crippen molar-refractivity contribution in [1.29, 1.82) is 0 Å². The highest BCUT2D eigenvalue weighted by molar-refractivity contribution is 7.16. The van der Waals surface area contributed by atoms with E-state index < -0.39 is 5.56 Å². The number of aromatic amines is 1. The van der Waals surface area contributed by atoms with Crippen LogP contribution in [0.25, 0.3) is 16.5 Å². The van der Waals surface area contributed by atoms with Gasteiger partial charge in [-0.25, -0.2) is 0 Å². The molecular weight excluding hydrogens is 240 g/mol. The van der Waals surface area contributed by atoms with Crippen LogP contribution in [0.15, 0.2) is 21.4 Å². The van der Waals surface area contributed by atoms with Crippen molar-refractivity contribution in [1.82, 2.24) is 14.5 Å². The maximum Gasteiger partial charge on any atom is 0.314 e. The van der Waals surface area contributed by atoms with Crippen molar-refractivity contribution in [3.8, 4) is 0 Å². The fourth-order valence-corrected chi connectivity index (χ4v) is 2.10. The van der Waals surface area contributed by atoms with Crippen LogP contribution in [0, 0.1) is 0 Å². The van der Waals surface area contributed by atoms with Crippen LogP contribution in [-0.2, 0) is 0 Å². The number of fused-ring (bicyclic) bond motifs is 1. The third-order valence-electron chi connectivity index (χ3n) is 2.02. The number of allylic oxidation sites excluding steroid dienone is 1. The van der Waals surface area contributed by atoms with E-state index in [-0.39, 0.29) is 21.2 Å². The summed E-state index contributed by atoms with van der Waals surface area (Å²) >= 11 is 0.833. The second-order valence-electron chi connectivity index (χ2n) is 3.25. The molecule has 0 saturated heterocycles. The summed E-state index contributed by atoms with van der Waals surface area (Å²) in [5.41, 5.74) is 8.13. The molecule has 2 aromatic rings. The Kier molecular flexibility index (Phi) is 2.95. The number of hydrogen-bond acceptors (Lipinski definition) is 5. The number of nitrogen functional groups attached to an aromatic ring is 1. The van der Waals surface area contributed by atoms with E-state index in [1.54, 1.807) is 6.08 Å². The Morgan fingerprint density at radius 2 is 2.35 bits per heavy atom. The maximum absolute atomic E-state index is 11.7. The first-order valence-corrected chi connectivity index (χ1v) is 5.77. The van der Waals surface area contributed by atoms with E-state index in [9.17, 15) is 9.59 Å². The Hall–Kier alpha value is -2.11. The molecule has 2 heterocycles. The van der Waals surface area contributed by atoms with Crippen LogP contribution in [0.4, 0.5) is 5.95 Å². The summed E-state index contributed by atoms with van der Waals surface area (Å²) in [5, 5.41) is 0. The van der Waals surface area contributed by atoms with Gasteiger partial charge in [0.15, 0.2) is 5.65 Å². The van der Waals surface area contributed by atoms with Crippen LogP contribution < -0.4 is 16.2 Å². The van der Waals surface area contributed by atoms with E-state index in [1.165, 1.54) is 10.8 Å². The molecule has 3 N–H and O–H groups in total. The van der Waals surface area contributed by atoms with E-state index >= 15 is 0 Å². The monoisotopic (exact) mass is 250 g/mol. The molecule has 0 atom stereocenters. The first-order valence-electron chi connectivity index (χ1n) is 4.95. The molecule has 0 fully saturated rings. The molecule has 17 heavy (non-hydrogen) atoms. The molecule has 0 saturated carbocycles. The predicted octanol–water partition coefficient (Wildman–Crippen LogP) is 0.764. The number of nitrogens with one attached hydrogen (secondary N) is 1. The van der Waals surface area contributed by atoms with Crippen LogP contribution in [-0.4, -0.2) is 14.5 Å². The molecule has 2 rings (SSSR count). The van der Waals surface area contributed by atoms with Crippen molar-refractivity contribution < 1.29 is 0 Å². The minimum absolute atomic E-state index is 0.0121. The highest BCUT2D eigenvalue weighted by Gasteiger charge is 2.10. The summed E-state index contributed by atoms with van der Waals surface area (Å²) in [5.74, 6) is -0.0121. The molecule has 0 unspecified atom stereocenters. The van der Waals surface area contributed by atoms with E-state index in [1.807, 2.05) is 6.92 Å². The van der Waals surface area contributed by atoms with Crippen LogP contribution in [0.2, 0.25) is 0 Å². The summed E-state index contributed by atoms with van der Waals surface area (Å²) in [7, 11) is 0. The number of anilines is 1. The third kappa shape index (κ3) is 2.06. The van der Waals surface area contributed by atoms with Gasteiger partial charge in [-0.15, -0.1) is 5.73 Å². The van der Waals surface area contributed by atoms with Gasteiger partial charge in [-0.05, 0) is 12.5 Å². The number of aromatic nitrogens is 3. The number of thiazole rings is 1. The number of H-pyrrole nitrogens is 1. The molecular formula is C10H10N4O2S. The molecule has 6 nitrogen and oxygen atoms in total. The highest BCUT2D eigenvalue weighted by atomic mass is 32.1. The molecule has 88 valence electrons. The van der Waals surface area contributed by atoms with E-state index in [2.05, 4.69) is 15.7 Å². The van der Waals surface area contributed by atoms with Crippen molar-refractivity contribution in [2.24, 2.45) is 0 Å². The largest absolute Gasteiger partial charge is 0.369 e. The second kappa shape index (κ2) is 4.40. The maximum atomic E-state index is 11.7. The average Bonchev–Trinajstić information content (AvgIpc) is 2.57. The van der Waals surface area contributed by atoms with Gasteiger partial charge in [0, 0.05) is 0 Å². The minimum Gasteiger partial charge on any atom is -0.369 e. The molecule has 0 amide bonds. The molecule has 0 aliphatic heterocycles. The fourth-order valence-electron chi connectivity index (χ4n) is 1.30. The predicted molar refractivity (Wildman–Crippen MR) is 68.0 cm³/mol. The Morgan fingerprint density at radius 3 is 3.06 bits per heavy atom. The Bertz CT molecular complexity index is 731. The van der Waals surface area contributed by atoms with Gasteiger partial charge in [0.25, 0.3) is 5.56 Å². The first-order chi connectivity index (χ1) is 8.13. The average molecular weight is 250 g/mol. The summed E-state index contributed by atoms with van der Waals surface area (Å²) in [6.07, 6.45) is 4.03. The molecule has 0 bridgehead atoms. The van der Waals surface area contributed by atoms with Crippen molar-refractivity contribution in [2.45, 2.75) is 13.3 Å². The van der Waals surface area contributed by atoms with E-state index in [4.69, 9.17) is 5.73 Å². The van der Waals surface area contributed by atoms with Crippen molar-refractivity contribution in [3.63, 3.8) is 0 Å². The van der Waals surface area contributed by atoms with Crippen LogP contribution in [0.5, 0.6) is 0 Å². The standard InChI is InChI=1S/C10H10N4O2S/c1-2-3-4-5-14-7-6(17-10(14)16)8(15)13-9(11)12-7/h3,5H,2H2,1H3,(H3,11,12,13,15). The van der Waals surface area contributed by atoms with Gasteiger partial charge < -0.3 is 5.73 Å². The van der Waals surface area contributed by atoms with Gasteiger partial charge >= 0.3 is 4.87 Å². The lowest BCUT2D eigenvalue weighted by Crippen LogP contribution is -2.11. The molecule has 0 aromatic carbocycles. The quantitative estimate of drug-likeness (QED) is 0.769. The smallest absolute Gasteiger partial charge is 0.314 e. The molecule has 2 aromatic heterocycles. The van der Waals surface area contributed by atoms with Gasteiger partial charge in [0.05, 0.1) is 6.20 Å². The minimum atomic E-state index is -0.402. The number of nitrogens with two attached hydrogens (primary N) is 1. The van der Waals surface area contributed by atoms with Crippen molar-refractivity contribution in [2.75, 3.05) is 5.73 Å². The molecule has 7 heteroatoms. The Morgan fingerprint density at radius 1 is 1.59 bits per heavy atom. The number of nitrogens with zero attached hydrogens (tertiary/aromatic N) is 2. The second-order valence-corrected chi connectivity index (χ2v) is 4.21. The lowest BCUT2D eigenvalue weighted by atomic mass is 10.5. The van der Waals surface area contributed by atoms with Gasteiger partial charge in [-0.1, -0.05) is 18.3 Å². The molecule has 0 radical (unpaired) electrons. The van der Waals surface area contributed by atoms with Gasteiger partial charge in [-0.3, -0.25) is 19.1 Å². The molecule has 0 spiro atoms. The SMILES string of the molecule is CCC=C=Cn1c(=O)sc2c(=O)[nH]c(N)nc21. The topological polar surface area (TPSA) is 93.8 Å². The van der Waals surface area contributed by atoms with Crippen LogP contribution in [0.1, 0.15) is 13.3 Å². The molecule has 0 aliphatic rings. The van der Waals surface area contributed by atoms with Crippen LogP contribution in [0.3, 0.4) is 0 Å². The molecule has 0 aliphatic carbocycles. The summed E-state index contributed by atoms with van der Waals surface area (Å²) in [6, 6.07) is 0. The summed E-state index contributed by atoms with van der Waals surface area (Å²) in [4.78, 5) is 29.2. The lowest BCUT2D eigenvalue weighted by Gasteiger charge is -1.94. The third-order valence-corrected chi connectivity index (χ3v) is 2.96. The van der Waals surface area contributed by atoms with Gasteiger partial charge in [0.1, 0.15) is 4.70 Å². The zero-order valence-corrected chi connectivity index (χ0v) is 9.87. The first kappa shape index (κ1) is 11.4. The lowest BCUT2D eigenvalue weighted by molar-refractivity contribution is 1.10. The van der Waals surface area contributed by atoms with E-state index in [0.29, 0.717) is 0 Å². The number of hydrogen-bond donors (Lipinski definition) is 2. The zero-order chi connectivity index (χ0) is 12.4. The normalized spacial score (nSPS) is 10.2. The zero-order valence-electron chi connectivity index (χ0n) is 9.06. The van der Waals surface area contributed by atoms with Crippen LogP contribution >= 0.6 is 11.3 Å². The number of rotatable bonds is 2. The van der Waals surface area contributed by atoms with E-state index in [0.717, 1.165) is 17.8 Å². The Labute approximate surface area is 99.7 Å². The Balaban J connectivity index is 2.80. The van der Waals surface area contributed by atoms with Gasteiger partial charge in [0.2, 0.25) is 5.95 Å². The van der Waals surface area contributed by atoms with Crippen molar-refractivity contribution in [3.05, 3.63) is 31.8 Å². The highest BCUT2D eigenvalue weighted by Crippen LogP contribution is 2.10. The van der Waals surface area contributed by atoms with Crippen molar-refractivity contribution >= 4 is 33.8 Å².